The number of Topliss-reactive ketones (excluding diaryl/α,β-unsaturated/α-hetero) is 1. The van der Waals surface area contributed by atoms with Crippen LogP contribution < -0.4 is 5.73 Å². The number of anilines is 1. The van der Waals surface area contributed by atoms with Crippen molar-refractivity contribution >= 4 is 11.5 Å². The lowest BCUT2D eigenvalue weighted by molar-refractivity contribution is 0.0890. The lowest BCUT2D eigenvalue weighted by Gasteiger charge is -2.21. The molecule has 0 unspecified atom stereocenters. The molecule has 86 valence electrons. The van der Waals surface area contributed by atoms with Crippen LogP contribution in [0.25, 0.3) is 0 Å². The molecule has 2 N–H and O–H groups in total. The maximum atomic E-state index is 12.3. The van der Waals surface area contributed by atoms with Gasteiger partial charge in [0.05, 0.1) is 0 Å². The first-order valence-corrected chi connectivity index (χ1v) is 6.09. The molecule has 1 aliphatic carbocycles. The van der Waals surface area contributed by atoms with Gasteiger partial charge in [0.1, 0.15) is 0 Å². The van der Waals surface area contributed by atoms with E-state index in [-0.39, 0.29) is 11.7 Å². The summed E-state index contributed by atoms with van der Waals surface area (Å²) in [6.45, 7) is 2.00. The lowest BCUT2D eigenvalue weighted by Crippen LogP contribution is -2.19. The average Bonchev–Trinajstić information content (AvgIpc) is 2.32. The number of ketones is 1. The van der Waals surface area contributed by atoms with Crippen LogP contribution in [0.5, 0.6) is 0 Å². The van der Waals surface area contributed by atoms with Gasteiger partial charge in [-0.25, -0.2) is 0 Å². The fraction of sp³-hybridized carbons (Fsp3) is 0.500. The van der Waals surface area contributed by atoms with Crippen LogP contribution in [-0.2, 0) is 0 Å². The summed E-state index contributed by atoms with van der Waals surface area (Å²) >= 11 is 0. The lowest BCUT2D eigenvalue weighted by atomic mass is 9.83. The summed E-state index contributed by atoms with van der Waals surface area (Å²) < 4.78 is 0. The number of benzene rings is 1. The Kier molecular flexibility index (Phi) is 3.28. The van der Waals surface area contributed by atoms with E-state index in [1.165, 1.54) is 19.3 Å². The molecule has 1 aromatic carbocycles. The van der Waals surface area contributed by atoms with Gasteiger partial charge >= 0.3 is 0 Å². The fourth-order valence-electron chi connectivity index (χ4n) is 2.47. The molecule has 1 aromatic rings. The van der Waals surface area contributed by atoms with Crippen LogP contribution in [0.2, 0.25) is 0 Å². The number of nitrogen functional groups attached to an aromatic ring is 1. The molecular weight excluding hydrogens is 198 g/mol. The Labute approximate surface area is 96.8 Å². The second-order valence-corrected chi connectivity index (χ2v) is 4.79. The van der Waals surface area contributed by atoms with Crippen LogP contribution >= 0.6 is 0 Å². The predicted octanol–water partition coefficient (Wildman–Crippen LogP) is 3.34. The fourth-order valence-corrected chi connectivity index (χ4v) is 2.47. The molecular formula is C14H19NO. The van der Waals surface area contributed by atoms with Gasteiger partial charge in [0.25, 0.3) is 0 Å². The van der Waals surface area contributed by atoms with Crippen LogP contribution in [0.3, 0.4) is 0 Å². The normalized spacial score (nSPS) is 17.3. The summed E-state index contributed by atoms with van der Waals surface area (Å²) in [5.41, 5.74) is 8.34. The Balaban J connectivity index is 2.22. The smallest absolute Gasteiger partial charge is 0.168 e. The van der Waals surface area contributed by atoms with Crippen molar-refractivity contribution < 1.29 is 4.79 Å². The van der Waals surface area contributed by atoms with Gasteiger partial charge in [0, 0.05) is 17.2 Å². The number of carbonyl (C=O) groups excluding carboxylic acids is 1. The molecule has 2 heteroatoms. The molecule has 2 rings (SSSR count). The van der Waals surface area contributed by atoms with Gasteiger partial charge in [-0.05, 0) is 31.9 Å². The molecule has 0 heterocycles. The van der Waals surface area contributed by atoms with E-state index in [0.717, 1.165) is 24.0 Å². The van der Waals surface area contributed by atoms with Crippen LogP contribution in [0.15, 0.2) is 18.2 Å². The first-order valence-electron chi connectivity index (χ1n) is 6.09. The van der Waals surface area contributed by atoms with Crippen LogP contribution in [0.4, 0.5) is 5.69 Å². The van der Waals surface area contributed by atoms with E-state index >= 15 is 0 Å². The van der Waals surface area contributed by atoms with Crippen LogP contribution in [0, 0.1) is 12.8 Å². The average molecular weight is 217 g/mol. The third kappa shape index (κ3) is 2.26. The first-order chi connectivity index (χ1) is 7.68. The van der Waals surface area contributed by atoms with Crippen molar-refractivity contribution in [2.24, 2.45) is 5.92 Å². The quantitative estimate of drug-likeness (QED) is 0.610. The maximum Gasteiger partial charge on any atom is 0.168 e. The van der Waals surface area contributed by atoms with E-state index in [9.17, 15) is 4.79 Å². The van der Waals surface area contributed by atoms with Gasteiger partial charge in [0.2, 0.25) is 0 Å². The molecule has 1 aliphatic rings. The van der Waals surface area contributed by atoms with E-state index < -0.39 is 0 Å². The summed E-state index contributed by atoms with van der Waals surface area (Å²) in [4.78, 5) is 12.3. The zero-order valence-electron chi connectivity index (χ0n) is 9.83. The minimum Gasteiger partial charge on any atom is -0.398 e. The van der Waals surface area contributed by atoms with E-state index in [0.29, 0.717) is 5.69 Å². The van der Waals surface area contributed by atoms with Crippen LogP contribution in [-0.4, -0.2) is 5.78 Å². The highest BCUT2D eigenvalue weighted by molar-refractivity contribution is 6.02. The first kappa shape index (κ1) is 11.2. The molecule has 0 aromatic heterocycles. The van der Waals surface area contributed by atoms with Crippen molar-refractivity contribution in [2.75, 3.05) is 5.73 Å². The highest BCUT2D eigenvalue weighted by atomic mass is 16.1. The number of rotatable bonds is 2. The molecule has 1 fully saturated rings. The zero-order chi connectivity index (χ0) is 11.5. The van der Waals surface area contributed by atoms with Crippen molar-refractivity contribution in [1.29, 1.82) is 0 Å². The van der Waals surface area contributed by atoms with Gasteiger partial charge in [-0.2, -0.15) is 0 Å². The van der Waals surface area contributed by atoms with Crippen molar-refractivity contribution in [3.8, 4) is 0 Å². The summed E-state index contributed by atoms with van der Waals surface area (Å²) in [5, 5.41) is 0. The molecule has 0 spiro atoms. The number of carbonyl (C=O) groups is 1. The maximum absolute atomic E-state index is 12.3. The third-order valence-corrected chi connectivity index (χ3v) is 3.45. The van der Waals surface area contributed by atoms with Crippen molar-refractivity contribution in [3.63, 3.8) is 0 Å². The van der Waals surface area contributed by atoms with Gasteiger partial charge in [-0.3, -0.25) is 4.79 Å². The largest absolute Gasteiger partial charge is 0.398 e. The zero-order valence-corrected chi connectivity index (χ0v) is 9.83. The van der Waals surface area contributed by atoms with E-state index in [1.807, 2.05) is 25.1 Å². The minimum absolute atomic E-state index is 0.206. The topological polar surface area (TPSA) is 43.1 Å². The van der Waals surface area contributed by atoms with Gasteiger partial charge in [-0.1, -0.05) is 30.9 Å². The van der Waals surface area contributed by atoms with Gasteiger partial charge in [0.15, 0.2) is 5.78 Å². The minimum atomic E-state index is 0.206. The van der Waals surface area contributed by atoms with E-state index in [2.05, 4.69) is 0 Å². The summed E-state index contributed by atoms with van der Waals surface area (Å²) in [6.07, 6.45) is 5.70. The van der Waals surface area contributed by atoms with Gasteiger partial charge in [-0.15, -0.1) is 0 Å². The molecule has 1 saturated carbocycles. The standard InChI is InChI=1S/C14H19NO/c1-10-7-8-13(15)12(9-10)14(16)11-5-3-2-4-6-11/h7-9,11H,2-6,15H2,1H3. The summed E-state index contributed by atoms with van der Waals surface area (Å²) in [5.74, 6) is 0.457. The molecule has 16 heavy (non-hydrogen) atoms. The number of hydrogen-bond acceptors (Lipinski definition) is 2. The molecule has 2 nitrogen and oxygen atoms in total. The van der Waals surface area contributed by atoms with Crippen molar-refractivity contribution in [3.05, 3.63) is 29.3 Å². The number of nitrogens with two attached hydrogens (primary N) is 1. The molecule has 0 radical (unpaired) electrons. The van der Waals surface area contributed by atoms with Crippen molar-refractivity contribution in [1.82, 2.24) is 0 Å². The SMILES string of the molecule is Cc1ccc(N)c(C(=O)C2CCCCC2)c1. The van der Waals surface area contributed by atoms with E-state index in [1.54, 1.807) is 0 Å². The summed E-state index contributed by atoms with van der Waals surface area (Å²) in [7, 11) is 0. The monoisotopic (exact) mass is 217 g/mol. The molecule has 0 atom stereocenters. The van der Waals surface area contributed by atoms with Gasteiger partial charge < -0.3 is 5.73 Å². The summed E-state index contributed by atoms with van der Waals surface area (Å²) in [6, 6.07) is 5.71. The Morgan fingerprint density at radius 3 is 2.62 bits per heavy atom. The van der Waals surface area contributed by atoms with Crippen molar-refractivity contribution in [2.45, 2.75) is 39.0 Å². The third-order valence-electron chi connectivity index (χ3n) is 3.45. The van der Waals surface area contributed by atoms with E-state index in [4.69, 9.17) is 5.73 Å². The number of aryl methyl sites for hydroxylation is 1. The Hall–Kier alpha value is -1.31. The second kappa shape index (κ2) is 4.69. The molecule has 0 saturated heterocycles. The molecule has 0 amide bonds. The molecule has 0 aliphatic heterocycles. The Bertz CT molecular complexity index is 392. The number of hydrogen-bond donors (Lipinski definition) is 1. The van der Waals surface area contributed by atoms with Crippen LogP contribution in [0.1, 0.15) is 48.0 Å². The highest BCUT2D eigenvalue weighted by Crippen LogP contribution is 2.28. The Morgan fingerprint density at radius 1 is 1.25 bits per heavy atom. The predicted molar refractivity (Wildman–Crippen MR) is 66.5 cm³/mol. The second-order valence-electron chi connectivity index (χ2n) is 4.79. The highest BCUT2D eigenvalue weighted by Gasteiger charge is 2.23. The molecule has 0 bridgehead atoms. The Morgan fingerprint density at radius 2 is 1.94 bits per heavy atom.